The van der Waals surface area contributed by atoms with Crippen LogP contribution in [0.3, 0.4) is 0 Å². The van der Waals surface area contributed by atoms with Gasteiger partial charge >= 0.3 is 0 Å². The van der Waals surface area contributed by atoms with Crippen LogP contribution in [0.4, 0.5) is 0 Å². The molecule has 1 fully saturated rings. The number of carbonyl (C=O) groups is 1. The molecule has 0 aromatic rings. The normalized spacial score (nSPS) is 39.5. The van der Waals surface area contributed by atoms with Crippen LogP contribution in [0.2, 0.25) is 0 Å². The maximum absolute atomic E-state index is 11.6. The Kier molecular flexibility index (Phi) is 4.22. The second kappa shape index (κ2) is 5.07. The number of hydrogen-bond acceptors (Lipinski definition) is 6. The Morgan fingerprint density at radius 2 is 2.00 bits per heavy atom. The molecule has 0 aromatic heterocycles. The summed E-state index contributed by atoms with van der Waals surface area (Å²) in [6, 6.07) is -1.16. The van der Waals surface area contributed by atoms with Crippen LogP contribution in [0.1, 0.15) is 6.92 Å². The van der Waals surface area contributed by atoms with Crippen LogP contribution < -0.4 is 5.11 Å². The number of ether oxygens (including phenoxy) is 1. The molecule has 0 aliphatic carbocycles. The van der Waals surface area contributed by atoms with Crippen LogP contribution in [-0.4, -0.2) is 70.4 Å². The minimum Gasteiger partial charge on any atom is -0.829 e. The molecule has 1 amide bonds. The van der Waals surface area contributed by atoms with Crippen molar-refractivity contribution >= 4 is 5.91 Å². The van der Waals surface area contributed by atoms with E-state index in [-0.39, 0.29) is 0 Å². The van der Waals surface area contributed by atoms with Crippen LogP contribution in [0, 0.1) is 0 Å². The highest BCUT2D eigenvalue weighted by molar-refractivity contribution is 5.73. The van der Waals surface area contributed by atoms with Crippen molar-refractivity contribution in [1.82, 2.24) is 4.90 Å². The van der Waals surface area contributed by atoms with Crippen LogP contribution in [0.15, 0.2) is 0 Å². The smallest absolute Gasteiger partial charge is 0.219 e. The van der Waals surface area contributed by atoms with Gasteiger partial charge in [-0.15, -0.1) is 0 Å². The molecule has 0 aromatic carbocycles. The fourth-order valence-electron chi connectivity index (χ4n) is 1.69. The van der Waals surface area contributed by atoms with Gasteiger partial charge in [0.2, 0.25) is 5.91 Å². The topological polar surface area (TPSA) is 113 Å². The number of nitrogens with zero attached hydrogens (tertiary/aromatic N) is 1. The van der Waals surface area contributed by atoms with Gasteiger partial charge in [0, 0.05) is 20.3 Å². The first-order valence-electron chi connectivity index (χ1n) is 4.91. The molecule has 1 rings (SSSR count). The Morgan fingerprint density at radius 3 is 2.44 bits per heavy atom. The molecular formula is C9H16NO6-. The fourth-order valence-corrected chi connectivity index (χ4v) is 1.69. The summed E-state index contributed by atoms with van der Waals surface area (Å²) in [4.78, 5) is 12.1. The van der Waals surface area contributed by atoms with E-state index < -0.39 is 43.2 Å². The molecule has 0 unspecified atom stereocenters. The van der Waals surface area contributed by atoms with Gasteiger partial charge in [0.15, 0.2) is 0 Å². The van der Waals surface area contributed by atoms with Gasteiger partial charge in [-0.2, -0.15) is 0 Å². The van der Waals surface area contributed by atoms with Crippen molar-refractivity contribution in [3.05, 3.63) is 0 Å². The van der Waals surface area contributed by atoms with E-state index in [0.717, 1.165) is 4.90 Å². The second-order valence-corrected chi connectivity index (χ2v) is 3.83. The van der Waals surface area contributed by atoms with E-state index in [9.17, 15) is 20.1 Å². The fraction of sp³-hybridized carbons (Fsp3) is 0.889. The Balaban J connectivity index is 2.83. The monoisotopic (exact) mass is 234 g/mol. The standard InChI is InChI=1S/C9H16NO6/c1-4(12)10(2)6-8(14)7(13)5(3-11)16-9(6)15/h5-9,11,13-14H,3H2,1-2H3/q-1/t5-,6-,7-,8-,9-/m1/s1. The van der Waals surface area contributed by atoms with Crippen molar-refractivity contribution in [2.75, 3.05) is 13.7 Å². The molecule has 3 N–H and O–H groups in total. The van der Waals surface area contributed by atoms with E-state index in [1.165, 1.54) is 14.0 Å². The number of rotatable bonds is 2. The third-order valence-electron chi connectivity index (χ3n) is 2.79. The molecule has 0 spiro atoms. The quantitative estimate of drug-likeness (QED) is 0.459. The second-order valence-electron chi connectivity index (χ2n) is 3.83. The number of aliphatic hydroxyl groups is 3. The molecule has 0 bridgehead atoms. The number of aliphatic hydroxyl groups excluding tert-OH is 3. The highest BCUT2D eigenvalue weighted by atomic mass is 16.6. The SMILES string of the molecule is CC(=O)N(C)[C@@H]1[C@@H](O)[C@H](O)[C@@H](CO)O[C@H]1[O-]. The molecule has 16 heavy (non-hydrogen) atoms. The summed E-state index contributed by atoms with van der Waals surface area (Å²) >= 11 is 0. The Labute approximate surface area is 92.9 Å². The predicted octanol–water partition coefficient (Wildman–Crippen LogP) is -3.37. The number of amides is 1. The van der Waals surface area contributed by atoms with Crippen molar-refractivity contribution in [1.29, 1.82) is 0 Å². The minimum absolute atomic E-state index is 0.414. The zero-order chi connectivity index (χ0) is 12.5. The van der Waals surface area contributed by atoms with E-state index in [1.54, 1.807) is 0 Å². The molecule has 94 valence electrons. The van der Waals surface area contributed by atoms with Gasteiger partial charge in [0.25, 0.3) is 0 Å². The molecular weight excluding hydrogens is 218 g/mol. The van der Waals surface area contributed by atoms with Crippen LogP contribution in [-0.2, 0) is 9.53 Å². The number of carbonyl (C=O) groups excluding carboxylic acids is 1. The molecule has 1 aliphatic rings. The lowest BCUT2D eigenvalue weighted by molar-refractivity contribution is -0.524. The summed E-state index contributed by atoms with van der Waals surface area (Å²) in [5, 5.41) is 39.6. The van der Waals surface area contributed by atoms with E-state index >= 15 is 0 Å². The number of hydrogen-bond donors (Lipinski definition) is 3. The van der Waals surface area contributed by atoms with E-state index in [1.807, 2.05) is 0 Å². The lowest BCUT2D eigenvalue weighted by Gasteiger charge is -2.48. The summed E-state index contributed by atoms with van der Waals surface area (Å²) in [7, 11) is 1.34. The first-order valence-corrected chi connectivity index (χ1v) is 4.91. The van der Waals surface area contributed by atoms with Crippen molar-refractivity contribution in [2.45, 2.75) is 37.6 Å². The molecule has 7 heteroatoms. The van der Waals surface area contributed by atoms with Crippen molar-refractivity contribution < 1.29 is 30.0 Å². The molecule has 0 radical (unpaired) electrons. The van der Waals surface area contributed by atoms with Gasteiger partial charge in [-0.1, -0.05) is 0 Å². The van der Waals surface area contributed by atoms with Gasteiger partial charge < -0.3 is 30.1 Å². The largest absolute Gasteiger partial charge is 0.829 e. The molecule has 1 aliphatic heterocycles. The third kappa shape index (κ3) is 2.33. The van der Waals surface area contributed by atoms with Crippen LogP contribution >= 0.6 is 0 Å². The average Bonchev–Trinajstić information content (AvgIpc) is 2.23. The van der Waals surface area contributed by atoms with E-state index in [0.29, 0.717) is 0 Å². The first kappa shape index (κ1) is 13.3. The summed E-state index contributed by atoms with van der Waals surface area (Å²) in [6.07, 6.45) is -5.62. The summed E-state index contributed by atoms with van der Waals surface area (Å²) < 4.78 is 4.79. The lowest BCUT2D eigenvalue weighted by Crippen LogP contribution is -2.67. The predicted molar refractivity (Wildman–Crippen MR) is 50.0 cm³/mol. The molecule has 0 saturated carbocycles. The molecule has 5 atom stereocenters. The van der Waals surface area contributed by atoms with Gasteiger partial charge in [0.05, 0.1) is 12.6 Å². The van der Waals surface area contributed by atoms with Crippen LogP contribution in [0.25, 0.3) is 0 Å². The zero-order valence-electron chi connectivity index (χ0n) is 9.11. The summed E-state index contributed by atoms with van der Waals surface area (Å²) in [5.41, 5.74) is 0. The zero-order valence-corrected chi connectivity index (χ0v) is 9.11. The highest BCUT2D eigenvalue weighted by Crippen LogP contribution is 2.21. The van der Waals surface area contributed by atoms with Gasteiger partial charge in [-0.25, -0.2) is 0 Å². The maximum atomic E-state index is 11.6. The highest BCUT2D eigenvalue weighted by Gasteiger charge is 2.42. The number of likely N-dealkylation sites (N-methyl/N-ethyl adjacent to an activating group) is 1. The summed E-state index contributed by atoms with van der Waals surface area (Å²) in [5.74, 6) is -0.414. The van der Waals surface area contributed by atoms with Crippen molar-refractivity contribution in [3.63, 3.8) is 0 Å². The van der Waals surface area contributed by atoms with E-state index in [4.69, 9.17) is 9.84 Å². The van der Waals surface area contributed by atoms with E-state index in [2.05, 4.69) is 0 Å². The maximum Gasteiger partial charge on any atom is 0.219 e. The molecule has 7 nitrogen and oxygen atoms in total. The van der Waals surface area contributed by atoms with Crippen LogP contribution in [0.5, 0.6) is 0 Å². The van der Waals surface area contributed by atoms with Gasteiger partial charge in [-0.3, -0.25) is 4.79 Å². The minimum atomic E-state index is -1.69. The van der Waals surface area contributed by atoms with Gasteiger partial charge in [0.1, 0.15) is 18.3 Å². The van der Waals surface area contributed by atoms with Crippen molar-refractivity contribution in [2.24, 2.45) is 0 Å². The third-order valence-corrected chi connectivity index (χ3v) is 2.79. The molecule has 1 saturated heterocycles. The molecule has 1 heterocycles. The van der Waals surface area contributed by atoms with Crippen molar-refractivity contribution in [3.8, 4) is 0 Å². The Bertz CT molecular complexity index is 260. The first-order chi connectivity index (χ1) is 7.40. The Hall–Kier alpha value is -0.730. The Morgan fingerprint density at radius 1 is 1.44 bits per heavy atom. The lowest BCUT2D eigenvalue weighted by atomic mass is 9.96. The van der Waals surface area contributed by atoms with Gasteiger partial charge in [-0.05, 0) is 0 Å². The summed E-state index contributed by atoms with van der Waals surface area (Å²) in [6.45, 7) is 0.678. The average molecular weight is 234 g/mol.